The van der Waals surface area contributed by atoms with Crippen molar-refractivity contribution in [2.24, 2.45) is 5.92 Å². The normalized spacial score (nSPS) is 35.0. The number of aliphatic hydroxyl groups is 1. The third-order valence-corrected chi connectivity index (χ3v) is 8.32. The van der Waals surface area contributed by atoms with Gasteiger partial charge in [-0.2, -0.15) is 0 Å². The summed E-state index contributed by atoms with van der Waals surface area (Å²) >= 11 is 2.66. The van der Waals surface area contributed by atoms with E-state index in [1.807, 2.05) is 0 Å². The van der Waals surface area contributed by atoms with E-state index in [1.54, 1.807) is 0 Å². The minimum Gasteiger partial charge on any atom is -0.543 e. The van der Waals surface area contributed by atoms with Crippen molar-refractivity contribution in [3.63, 3.8) is 0 Å². The van der Waals surface area contributed by atoms with Crippen LogP contribution in [-0.2, 0) is 20.4 Å². The Kier molecular flexibility index (Phi) is 6.13. The van der Waals surface area contributed by atoms with Gasteiger partial charge < -0.3 is 15.0 Å². The Morgan fingerprint density at radius 1 is 1.59 bits per heavy atom. The minimum absolute atomic E-state index is 0. The van der Waals surface area contributed by atoms with E-state index in [9.17, 15) is 24.0 Å². The molecule has 3 aliphatic rings. The maximum atomic E-state index is 12.0. The van der Waals surface area contributed by atoms with Crippen molar-refractivity contribution in [3.05, 3.63) is 9.93 Å². The number of aliphatic carboxylic acids is 1. The van der Waals surface area contributed by atoms with Crippen LogP contribution in [0.3, 0.4) is 0 Å². The first kappa shape index (κ1) is 18.8. The van der Waals surface area contributed by atoms with Gasteiger partial charge in [-0.3, -0.25) is 13.9 Å². The number of carboxylic acids is 1. The largest absolute Gasteiger partial charge is 1.00 e. The van der Waals surface area contributed by atoms with E-state index in [0.717, 1.165) is 6.42 Å². The topological polar surface area (TPSA) is 97.7 Å². The fourth-order valence-electron chi connectivity index (χ4n) is 2.70. The van der Waals surface area contributed by atoms with Crippen LogP contribution in [-0.4, -0.2) is 54.3 Å². The molecule has 0 radical (unpaired) electrons. The van der Waals surface area contributed by atoms with Gasteiger partial charge in [-0.05, 0) is 13.3 Å². The summed E-state index contributed by atoms with van der Waals surface area (Å²) in [6, 6.07) is 0. The second-order valence-electron chi connectivity index (χ2n) is 5.25. The van der Waals surface area contributed by atoms with E-state index >= 15 is 0 Å². The monoisotopic (exact) mass is 371 g/mol. The third kappa shape index (κ3) is 3.18. The predicted octanol–water partition coefficient (Wildman–Crippen LogP) is -3.92. The number of carbonyl (C=O) groups is 2. The molecule has 0 aliphatic carbocycles. The first-order chi connectivity index (χ1) is 9.90. The fraction of sp³-hybridized carbons (Fsp3) is 0.667. The number of amides is 1. The number of hydrogen-bond acceptors (Lipinski definition) is 7. The van der Waals surface area contributed by atoms with E-state index in [-0.39, 0.29) is 51.8 Å². The van der Waals surface area contributed by atoms with Crippen molar-refractivity contribution in [2.45, 2.75) is 30.1 Å². The van der Waals surface area contributed by atoms with Crippen LogP contribution in [0.1, 0.15) is 13.3 Å². The standard InChI is InChI=1S/C12H15NO5S3.Na/c1-5(14)7-9(15)13-8(11(16)17)12(20-10(7)13)19-6-2-3-21(18)4-6;/h5-7,10,14H,2-4H2,1H3,(H,16,17);/q;+1/p-1. The molecule has 0 spiro atoms. The Balaban J connectivity index is 0.00000176. The molecular formula is C12H14NNaO5S3. The Labute approximate surface area is 161 Å². The second kappa shape index (κ2) is 7.16. The molecule has 22 heavy (non-hydrogen) atoms. The van der Waals surface area contributed by atoms with Crippen LogP contribution in [0.5, 0.6) is 0 Å². The SMILES string of the molecule is CC(O)C1C(=O)N2C(C(=O)[O-])=C(SC3CCS(=O)C3)SC12.[Na+]. The quantitative estimate of drug-likeness (QED) is 0.398. The van der Waals surface area contributed by atoms with Crippen LogP contribution in [0.2, 0.25) is 0 Å². The van der Waals surface area contributed by atoms with Gasteiger partial charge in [0, 0.05) is 27.6 Å². The molecule has 3 heterocycles. The summed E-state index contributed by atoms with van der Waals surface area (Å²) in [4.78, 5) is 24.6. The van der Waals surface area contributed by atoms with Crippen LogP contribution in [0.4, 0.5) is 0 Å². The number of thioether (sulfide) groups is 2. The van der Waals surface area contributed by atoms with Gasteiger partial charge in [-0.25, -0.2) is 0 Å². The molecule has 0 aromatic rings. The molecule has 0 aromatic heterocycles. The molecule has 116 valence electrons. The molecule has 3 rings (SSSR count). The molecule has 6 nitrogen and oxygen atoms in total. The van der Waals surface area contributed by atoms with E-state index in [0.29, 0.717) is 15.7 Å². The third-order valence-electron chi connectivity index (χ3n) is 3.77. The average Bonchev–Trinajstić information content (AvgIpc) is 2.91. The Hall–Kier alpha value is 0.490. The van der Waals surface area contributed by atoms with Crippen molar-refractivity contribution < 1.29 is 53.6 Å². The number of β-lactam (4-membered cyclic amide) rings is 1. The molecule has 1 amide bonds. The average molecular weight is 371 g/mol. The van der Waals surface area contributed by atoms with Crippen LogP contribution >= 0.6 is 23.5 Å². The number of nitrogens with zero attached hydrogens (tertiary/aromatic N) is 1. The molecule has 0 aromatic carbocycles. The fourth-order valence-corrected chi connectivity index (χ4v) is 7.95. The molecular weight excluding hydrogens is 357 g/mol. The summed E-state index contributed by atoms with van der Waals surface area (Å²) in [6.45, 7) is 1.53. The van der Waals surface area contributed by atoms with Crippen LogP contribution in [0.15, 0.2) is 9.93 Å². The van der Waals surface area contributed by atoms with Crippen molar-refractivity contribution in [2.75, 3.05) is 11.5 Å². The van der Waals surface area contributed by atoms with Crippen molar-refractivity contribution >= 4 is 46.2 Å². The smallest absolute Gasteiger partial charge is 0.543 e. The van der Waals surface area contributed by atoms with Gasteiger partial charge in [0.1, 0.15) is 5.37 Å². The molecule has 0 saturated carbocycles. The Bertz CT molecular complexity index is 567. The zero-order chi connectivity index (χ0) is 15.3. The summed E-state index contributed by atoms with van der Waals surface area (Å²) < 4.78 is 12.0. The van der Waals surface area contributed by atoms with Crippen molar-refractivity contribution in [3.8, 4) is 0 Å². The number of carbonyl (C=O) groups excluding carboxylic acids is 2. The summed E-state index contributed by atoms with van der Waals surface area (Å²) in [7, 11) is -0.834. The van der Waals surface area contributed by atoms with Crippen molar-refractivity contribution in [1.29, 1.82) is 0 Å². The maximum absolute atomic E-state index is 12.0. The van der Waals surface area contributed by atoms with Gasteiger partial charge >= 0.3 is 29.6 Å². The van der Waals surface area contributed by atoms with E-state index < -0.39 is 28.8 Å². The number of aliphatic hydroxyl groups excluding tert-OH is 1. The van der Waals surface area contributed by atoms with Gasteiger partial charge in [0.2, 0.25) is 5.91 Å². The van der Waals surface area contributed by atoms with E-state index in [1.165, 1.54) is 35.3 Å². The number of carboxylic acid groups (broad SMARTS) is 1. The zero-order valence-electron chi connectivity index (χ0n) is 12.2. The molecule has 5 atom stereocenters. The summed E-state index contributed by atoms with van der Waals surface area (Å²) in [5.41, 5.74) is -0.0883. The van der Waals surface area contributed by atoms with Gasteiger partial charge in [0.05, 0.1) is 27.9 Å². The number of rotatable bonds is 4. The molecule has 10 heteroatoms. The molecule has 5 unspecified atom stereocenters. The van der Waals surface area contributed by atoms with Crippen LogP contribution in [0, 0.1) is 5.92 Å². The summed E-state index contributed by atoms with van der Waals surface area (Å²) in [5, 5.41) is 20.7. The van der Waals surface area contributed by atoms with Gasteiger partial charge in [0.25, 0.3) is 0 Å². The van der Waals surface area contributed by atoms with Crippen molar-refractivity contribution in [1.82, 2.24) is 4.90 Å². The van der Waals surface area contributed by atoms with E-state index in [2.05, 4.69) is 0 Å². The van der Waals surface area contributed by atoms with Gasteiger partial charge in [-0.15, -0.1) is 11.8 Å². The van der Waals surface area contributed by atoms with Gasteiger partial charge in [0.15, 0.2) is 0 Å². The Morgan fingerprint density at radius 2 is 2.27 bits per heavy atom. The predicted molar refractivity (Wildman–Crippen MR) is 79.3 cm³/mol. The molecule has 1 N–H and O–H groups in total. The van der Waals surface area contributed by atoms with Crippen LogP contribution < -0.4 is 34.7 Å². The second-order valence-corrected chi connectivity index (χ2v) is 9.56. The van der Waals surface area contributed by atoms with Crippen LogP contribution in [0.25, 0.3) is 0 Å². The number of hydrogen-bond donors (Lipinski definition) is 1. The maximum Gasteiger partial charge on any atom is 1.00 e. The van der Waals surface area contributed by atoms with Gasteiger partial charge in [-0.1, -0.05) is 11.8 Å². The molecule has 2 saturated heterocycles. The zero-order valence-corrected chi connectivity index (χ0v) is 16.6. The summed E-state index contributed by atoms with van der Waals surface area (Å²) in [6.07, 6.45) is -0.0299. The first-order valence-corrected chi connectivity index (χ1v) is 9.80. The number of fused-ring (bicyclic) bond motifs is 1. The molecule has 2 fully saturated rings. The molecule has 0 bridgehead atoms. The van der Waals surface area contributed by atoms with E-state index in [4.69, 9.17) is 0 Å². The summed E-state index contributed by atoms with van der Waals surface area (Å²) in [5.74, 6) is -1.12. The first-order valence-electron chi connectivity index (χ1n) is 6.55. The molecule has 3 aliphatic heterocycles. The minimum atomic E-state index is -1.37. The Morgan fingerprint density at radius 3 is 2.77 bits per heavy atom.